The van der Waals surface area contributed by atoms with Gasteiger partial charge in [-0.25, -0.2) is 4.79 Å². The van der Waals surface area contributed by atoms with Gasteiger partial charge in [-0.1, -0.05) is 24.3 Å². The first-order valence-corrected chi connectivity index (χ1v) is 9.25. The largest absolute Gasteiger partial charge is 0.358 e. The maximum absolute atomic E-state index is 12.5. The molecule has 5 heteroatoms. The van der Waals surface area contributed by atoms with Gasteiger partial charge in [0.15, 0.2) is 0 Å². The number of nitrogens with zero attached hydrogens (tertiary/aromatic N) is 2. The molecule has 1 aliphatic heterocycles. The van der Waals surface area contributed by atoms with Crippen molar-refractivity contribution in [1.82, 2.24) is 20.2 Å². The lowest BCUT2D eigenvalue weighted by atomic mass is 9.93. The predicted molar refractivity (Wildman–Crippen MR) is 103 cm³/mol. The van der Waals surface area contributed by atoms with E-state index < -0.39 is 0 Å². The summed E-state index contributed by atoms with van der Waals surface area (Å²) in [6.45, 7) is 3.53. The Bertz CT molecular complexity index is 848. The Kier molecular flexibility index (Phi) is 4.61. The van der Waals surface area contributed by atoms with Crippen LogP contribution in [-0.4, -0.2) is 34.0 Å². The number of hydrogen-bond acceptors (Lipinski definition) is 2. The molecule has 1 saturated heterocycles. The second-order valence-corrected chi connectivity index (χ2v) is 7.00. The van der Waals surface area contributed by atoms with Gasteiger partial charge in [0.25, 0.3) is 0 Å². The van der Waals surface area contributed by atoms with Gasteiger partial charge in [0.1, 0.15) is 0 Å². The standard InChI is InChI=1S/C21H24N4O/c1-15(18-7-4-5-11-22-18)23-21(26)25-12-9-16(10-13-25)20-14-17-6-2-3-8-19(17)24-20/h2-8,11,14-16,24H,9-10,12-13H2,1H3,(H,23,26)/t15-/m1/s1. The van der Waals surface area contributed by atoms with E-state index in [9.17, 15) is 4.79 Å². The molecule has 3 heterocycles. The molecule has 134 valence electrons. The molecule has 2 N–H and O–H groups in total. The summed E-state index contributed by atoms with van der Waals surface area (Å²) in [5.41, 5.74) is 3.36. The van der Waals surface area contributed by atoms with Gasteiger partial charge in [0.05, 0.1) is 11.7 Å². The first-order valence-electron chi connectivity index (χ1n) is 9.25. The summed E-state index contributed by atoms with van der Waals surface area (Å²) in [5, 5.41) is 4.32. The molecule has 0 bridgehead atoms. The van der Waals surface area contributed by atoms with E-state index in [-0.39, 0.29) is 12.1 Å². The summed E-state index contributed by atoms with van der Waals surface area (Å²) in [5.74, 6) is 0.486. The van der Waals surface area contributed by atoms with Gasteiger partial charge in [-0.3, -0.25) is 4.98 Å². The highest BCUT2D eigenvalue weighted by Gasteiger charge is 2.25. The van der Waals surface area contributed by atoms with E-state index >= 15 is 0 Å². The highest BCUT2D eigenvalue weighted by atomic mass is 16.2. The monoisotopic (exact) mass is 348 g/mol. The summed E-state index contributed by atoms with van der Waals surface area (Å²) in [6, 6.07) is 16.3. The molecule has 1 atom stereocenters. The van der Waals surface area contributed by atoms with E-state index in [1.165, 1.54) is 16.6 Å². The van der Waals surface area contributed by atoms with Crippen molar-refractivity contribution < 1.29 is 4.79 Å². The van der Waals surface area contributed by atoms with Gasteiger partial charge in [-0.15, -0.1) is 0 Å². The van der Waals surface area contributed by atoms with Crippen molar-refractivity contribution in [3.05, 3.63) is 66.1 Å². The second-order valence-electron chi connectivity index (χ2n) is 7.00. The molecule has 0 aliphatic carbocycles. The SMILES string of the molecule is C[C@@H](NC(=O)N1CCC(c2cc3ccccc3[nH]2)CC1)c1ccccn1. The predicted octanol–water partition coefficient (Wildman–Crippen LogP) is 4.21. The molecule has 0 saturated carbocycles. The lowest BCUT2D eigenvalue weighted by molar-refractivity contribution is 0.178. The average molecular weight is 348 g/mol. The topological polar surface area (TPSA) is 61.0 Å². The van der Waals surface area contributed by atoms with E-state index in [1.54, 1.807) is 6.20 Å². The molecule has 26 heavy (non-hydrogen) atoms. The van der Waals surface area contributed by atoms with E-state index in [1.807, 2.05) is 30.0 Å². The van der Waals surface area contributed by atoms with Crippen LogP contribution >= 0.6 is 0 Å². The van der Waals surface area contributed by atoms with Crippen molar-refractivity contribution >= 4 is 16.9 Å². The number of H-pyrrole nitrogens is 1. The lowest BCUT2D eigenvalue weighted by Gasteiger charge is -2.32. The number of benzene rings is 1. The zero-order valence-electron chi connectivity index (χ0n) is 15.0. The van der Waals surface area contributed by atoms with E-state index in [2.05, 4.69) is 45.6 Å². The van der Waals surface area contributed by atoms with E-state index in [4.69, 9.17) is 0 Å². The molecule has 1 aliphatic rings. The lowest BCUT2D eigenvalue weighted by Crippen LogP contribution is -2.45. The first kappa shape index (κ1) is 16.6. The quantitative estimate of drug-likeness (QED) is 0.745. The fourth-order valence-electron chi connectivity index (χ4n) is 3.69. The van der Waals surface area contributed by atoms with Crippen LogP contribution in [0.3, 0.4) is 0 Å². The number of carbonyl (C=O) groups is 1. The number of para-hydroxylation sites is 1. The third kappa shape index (κ3) is 3.43. The molecule has 2 amide bonds. The number of nitrogens with one attached hydrogen (secondary N) is 2. The second kappa shape index (κ2) is 7.20. The fraction of sp³-hybridized carbons (Fsp3) is 0.333. The van der Waals surface area contributed by atoms with Crippen molar-refractivity contribution in [3.8, 4) is 0 Å². The van der Waals surface area contributed by atoms with Gasteiger partial charge in [-0.2, -0.15) is 0 Å². The number of aromatic amines is 1. The molecule has 0 radical (unpaired) electrons. The van der Waals surface area contributed by atoms with Crippen molar-refractivity contribution in [2.24, 2.45) is 0 Å². The maximum Gasteiger partial charge on any atom is 0.317 e. The highest BCUT2D eigenvalue weighted by Crippen LogP contribution is 2.30. The van der Waals surface area contributed by atoms with Crippen LogP contribution in [0.1, 0.15) is 43.1 Å². The Balaban J connectivity index is 1.35. The molecule has 1 fully saturated rings. The third-order valence-corrected chi connectivity index (χ3v) is 5.24. The first-order chi connectivity index (χ1) is 12.7. The number of fused-ring (bicyclic) bond motifs is 1. The Labute approximate surface area is 153 Å². The zero-order valence-corrected chi connectivity index (χ0v) is 15.0. The number of pyridine rings is 1. The van der Waals surface area contributed by atoms with Gasteiger partial charge < -0.3 is 15.2 Å². The summed E-state index contributed by atoms with van der Waals surface area (Å²) < 4.78 is 0. The minimum Gasteiger partial charge on any atom is -0.358 e. The normalized spacial score (nSPS) is 16.6. The van der Waals surface area contributed by atoms with Gasteiger partial charge in [-0.05, 0) is 49.4 Å². The molecule has 3 aromatic rings. The molecular weight excluding hydrogens is 324 g/mol. The number of likely N-dealkylation sites (tertiary alicyclic amines) is 1. The van der Waals surface area contributed by atoms with E-state index in [0.717, 1.165) is 31.6 Å². The van der Waals surface area contributed by atoms with Crippen LogP contribution in [0, 0.1) is 0 Å². The van der Waals surface area contributed by atoms with Gasteiger partial charge in [0.2, 0.25) is 0 Å². The minimum absolute atomic E-state index is 0.00162. The van der Waals surface area contributed by atoms with E-state index in [0.29, 0.717) is 5.92 Å². The van der Waals surface area contributed by atoms with Crippen LogP contribution in [0.4, 0.5) is 4.79 Å². The number of hydrogen-bond donors (Lipinski definition) is 2. The van der Waals surface area contributed by atoms with Crippen LogP contribution in [0.2, 0.25) is 0 Å². The number of urea groups is 1. The van der Waals surface area contributed by atoms with Crippen molar-refractivity contribution in [1.29, 1.82) is 0 Å². The molecule has 0 unspecified atom stereocenters. The fourth-order valence-corrected chi connectivity index (χ4v) is 3.69. The Morgan fingerprint density at radius 2 is 1.96 bits per heavy atom. The minimum atomic E-state index is -0.0878. The van der Waals surface area contributed by atoms with Crippen LogP contribution in [-0.2, 0) is 0 Å². The Morgan fingerprint density at radius 3 is 2.69 bits per heavy atom. The molecule has 2 aromatic heterocycles. The number of carbonyl (C=O) groups excluding carboxylic acids is 1. The number of aromatic nitrogens is 2. The van der Waals surface area contributed by atoms with Crippen LogP contribution in [0.25, 0.3) is 10.9 Å². The Morgan fingerprint density at radius 1 is 1.19 bits per heavy atom. The van der Waals surface area contributed by atoms with Gasteiger partial charge in [0, 0.05) is 36.4 Å². The van der Waals surface area contributed by atoms with Crippen LogP contribution < -0.4 is 5.32 Å². The molecule has 1 aromatic carbocycles. The summed E-state index contributed by atoms with van der Waals surface area (Å²) in [7, 11) is 0. The maximum atomic E-state index is 12.5. The van der Waals surface area contributed by atoms with Crippen LogP contribution in [0.15, 0.2) is 54.7 Å². The molecule has 4 rings (SSSR count). The summed E-state index contributed by atoms with van der Waals surface area (Å²) in [6.07, 6.45) is 3.72. The summed E-state index contributed by atoms with van der Waals surface area (Å²) >= 11 is 0. The van der Waals surface area contributed by atoms with Gasteiger partial charge >= 0.3 is 6.03 Å². The molecule has 5 nitrogen and oxygen atoms in total. The molecule has 0 spiro atoms. The summed E-state index contributed by atoms with van der Waals surface area (Å²) in [4.78, 5) is 22.3. The number of rotatable bonds is 3. The number of amides is 2. The highest BCUT2D eigenvalue weighted by molar-refractivity contribution is 5.80. The van der Waals surface area contributed by atoms with Crippen molar-refractivity contribution in [2.75, 3.05) is 13.1 Å². The van der Waals surface area contributed by atoms with Crippen LogP contribution in [0.5, 0.6) is 0 Å². The van der Waals surface area contributed by atoms with Crippen molar-refractivity contribution in [2.45, 2.75) is 31.7 Å². The third-order valence-electron chi connectivity index (χ3n) is 5.24. The van der Waals surface area contributed by atoms with Crippen molar-refractivity contribution in [3.63, 3.8) is 0 Å². The number of piperidine rings is 1. The zero-order chi connectivity index (χ0) is 17.9. The smallest absolute Gasteiger partial charge is 0.317 e. The Hall–Kier alpha value is -2.82. The molecular formula is C21H24N4O. The average Bonchev–Trinajstić information content (AvgIpc) is 3.13.